The topological polar surface area (TPSA) is 65.5 Å². The number of carboxylic acid groups (broad SMARTS) is 1. The van der Waals surface area contributed by atoms with E-state index in [4.69, 9.17) is 0 Å². The van der Waals surface area contributed by atoms with Gasteiger partial charge in [-0.2, -0.15) is 0 Å². The van der Waals surface area contributed by atoms with Gasteiger partial charge in [0, 0.05) is 18.8 Å². The average molecular weight is 291 g/mol. The van der Waals surface area contributed by atoms with Gasteiger partial charge in [-0.05, 0) is 36.8 Å². The smallest absolute Gasteiger partial charge is 0.407 e. The van der Waals surface area contributed by atoms with Crippen LogP contribution in [0.25, 0.3) is 0 Å². The molecule has 1 aromatic heterocycles. The number of amides is 1. The van der Waals surface area contributed by atoms with E-state index < -0.39 is 6.09 Å². The Kier molecular flexibility index (Phi) is 4.40. The zero-order valence-electron chi connectivity index (χ0n) is 13.3. The molecule has 0 radical (unpaired) electrons. The van der Waals surface area contributed by atoms with Crippen molar-refractivity contribution < 1.29 is 9.90 Å². The van der Waals surface area contributed by atoms with E-state index in [-0.39, 0.29) is 17.5 Å². The first-order chi connectivity index (χ1) is 9.80. The summed E-state index contributed by atoms with van der Waals surface area (Å²) in [5.74, 6) is 0.851. The lowest BCUT2D eigenvalue weighted by molar-refractivity contribution is 0.0518. The van der Waals surface area contributed by atoms with Gasteiger partial charge in [0.25, 0.3) is 0 Å². The highest BCUT2D eigenvalue weighted by Gasteiger charge is 2.41. The zero-order valence-corrected chi connectivity index (χ0v) is 13.3. The second-order valence-corrected chi connectivity index (χ2v) is 6.85. The summed E-state index contributed by atoms with van der Waals surface area (Å²) in [6.07, 6.45) is 2.77. The van der Waals surface area contributed by atoms with E-state index in [1.807, 2.05) is 19.1 Å². The number of rotatable bonds is 2. The molecule has 0 saturated carbocycles. The lowest BCUT2D eigenvalue weighted by Gasteiger charge is -2.47. The molecule has 1 saturated heterocycles. The van der Waals surface area contributed by atoms with Crippen molar-refractivity contribution in [2.45, 2.75) is 52.6 Å². The van der Waals surface area contributed by atoms with Gasteiger partial charge >= 0.3 is 6.09 Å². The highest BCUT2D eigenvalue weighted by molar-refractivity contribution is 5.66. The molecule has 2 N–H and O–H groups in total. The number of aryl methyl sites for hydroxylation is 1. The number of anilines is 1. The van der Waals surface area contributed by atoms with Crippen LogP contribution in [0.5, 0.6) is 0 Å². The molecule has 1 amide bonds. The summed E-state index contributed by atoms with van der Waals surface area (Å²) >= 11 is 0. The molecular formula is C16H25N3O2. The number of nitrogens with zero attached hydrogens (tertiary/aromatic N) is 2. The first kappa shape index (κ1) is 15.6. The van der Waals surface area contributed by atoms with Gasteiger partial charge in [-0.25, -0.2) is 9.78 Å². The zero-order chi connectivity index (χ0) is 15.6. The Morgan fingerprint density at radius 3 is 2.76 bits per heavy atom. The standard InChI is InChI=1S/C16H25N3O2/c1-11-7-5-9-17-14(11)18-12-8-6-10-19(15(20)21)13(12)16(2,3)4/h5,7,9,12-13H,6,8,10H2,1-4H3,(H,17,18)(H,20,21)/t12-,13?/m1/s1. The van der Waals surface area contributed by atoms with E-state index in [2.05, 4.69) is 31.1 Å². The fraction of sp³-hybridized carbons (Fsp3) is 0.625. The molecule has 0 spiro atoms. The fourth-order valence-electron chi connectivity index (χ4n) is 3.24. The van der Waals surface area contributed by atoms with Crippen molar-refractivity contribution >= 4 is 11.9 Å². The normalized spacial score (nSPS) is 23.0. The van der Waals surface area contributed by atoms with E-state index in [1.54, 1.807) is 11.1 Å². The van der Waals surface area contributed by atoms with Crippen molar-refractivity contribution in [3.05, 3.63) is 23.9 Å². The largest absolute Gasteiger partial charge is 0.465 e. The van der Waals surface area contributed by atoms with Gasteiger partial charge in [0.05, 0.1) is 6.04 Å². The number of carbonyl (C=O) groups is 1. The van der Waals surface area contributed by atoms with Crippen LogP contribution in [-0.4, -0.2) is 39.7 Å². The molecule has 0 aromatic carbocycles. The maximum absolute atomic E-state index is 11.6. The Balaban J connectivity index is 2.27. The van der Waals surface area contributed by atoms with Crippen LogP contribution in [0.4, 0.5) is 10.6 Å². The highest BCUT2D eigenvalue weighted by atomic mass is 16.4. The molecule has 1 fully saturated rings. The lowest BCUT2D eigenvalue weighted by atomic mass is 9.77. The van der Waals surface area contributed by atoms with Gasteiger partial charge in [-0.1, -0.05) is 26.8 Å². The molecule has 2 heterocycles. The predicted octanol–water partition coefficient (Wildman–Crippen LogP) is 3.36. The first-order valence-corrected chi connectivity index (χ1v) is 7.48. The molecule has 2 atom stereocenters. The van der Waals surface area contributed by atoms with Crippen LogP contribution in [0.2, 0.25) is 0 Å². The Morgan fingerprint density at radius 1 is 1.48 bits per heavy atom. The number of hydrogen-bond acceptors (Lipinski definition) is 3. The third kappa shape index (κ3) is 3.46. The summed E-state index contributed by atoms with van der Waals surface area (Å²) in [5.41, 5.74) is 0.955. The lowest BCUT2D eigenvalue weighted by Crippen LogP contribution is -2.58. The van der Waals surface area contributed by atoms with E-state index in [9.17, 15) is 9.90 Å². The van der Waals surface area contributed by atoms with Gasteiger partial charge < -0.3 is 15.3 Å². The number of aromatic nitrogens is 1. The Bertz CT molecular complexity index is 510. The van der Waals surface area contributed by atoms with Crippen molar-refractivity contribution in [3.8, 4) is 0 Å². The Hall–Kier alpha value is -1.78. The first-order valence-electron chi connectivity index (χ1n) is 7.48. The van der Waals surface area contributed by atoms with Crippen LogP contribution < -0.4 is 5.32 Å². The summed E-state index contributed by atoms with van der Waals surface area (Å²) in [5, 5.41) is 13.0. The van der Waals surface area contributed by atoms with Crippen LogP contribution >= 0.6 is 0 Å². The molecule has 1 aromatic rings. The van der Waals surface area contributed by atoms with Gasteiger partial charge in [-0.15, -0.1) is 0 Å². The van der Waals surface area contributed by atoms with Crippen molar-refractivity contribution in [3.63, 3.8) is 0 Å². The molecule has 0 aliphatic carbocycles. The Morgan fingerprint density at radius 2 is 2.19 bits per heavy atom. The minimum atomic E-state index is -0.834. The second kappa shape index (κ2) is 5.92. The number of hydrogen-bond donors (Lipinski definition) is 2. The quantitative estimate of drug-likeness (QED) is 0.877. The summed E-state index contributed by atoms with van der Waals surface area (Å²) in [6, 6.07) is 3.94. The average Bonchev–Trinajstić information content (AvgIpc) is 2.40. The highest BCUT2D eigenvalue weighted by Crippen LogP contribution is 2.34. The maximum atomic E-state index is 11.6. The second-order valence-electron chi connectivity index (χ2n) is 6.85. The van der Waals surface area contributed by atoms with Gasteiger partial charge in [0.1, 0.15) is 5.82 Å². The SMILES string of the molecule is Cc1cccnc1N[C@@H]1CCCN(C(=O)O)C1C(C)(C)C. The molecule has 1 unspecified atom stereocenters. The van der Waals surface area contributed by atoms with Crippen molar-refractivity contribution in [2.75, 3.05) is 11.9 Å². The molecule has 0 bridgehead atoms. The predicted molar refractivity (Wildman–Crippen MR) is 83.6 cm³/mol. The van der Waals surface area contributed by atoms with Crippen molar-refractivity contribution in [1.82, 2.24) is 9.88 Å². The van der Waals surface area contributed by atoms with Gasteiger partial charge in [0.2, 0.25) is 0 Å². The minimum Gasteiger partial charge on any atom is -0.465 e. The molecule has 1 aliphatic rings. The maximum Gasteiger partial charge on any atom is 0.407 e. The van der Waals surface area contributed by atoms with E-state index >= 15 is 0 Å². The van der Waals surface area contributed by atoms with Crippen molar-refractivity contribution in [2.24, 2.45) is 5.41 Å². The van der Waals surface area contributed by atoms with Crippen LogP contribution in [0.1, 0.15) is 39.2 Å². The summed E-state index contributed by atoms with van der Waals surface area (Å²) in [6.45, 7) is 8.91. The molecular weight excluding hydrogens is 266 g/mol. The molecule has 5 nitrogen and oxygen atoms in total. The van der Waals surface area contributed by atoms with E-state index in [0.29, 0.717) is 6.54 Å². The summed E-state index contributed by atoms with van der Waals surface area (Å²) < 4.78 is 0. The van der Waals surface area contributed by atoms with E-state index in [1.165, 1.54) is 0 Å². The van der Waals surface area contributed by atoms with Gasteiger partial charge in [0.15, 0.2) is 0 Å². The number of pyridine rings is 1. The molecule has 1 aliphatic heterocycles. The van der Waals surface area contributed by atoms with Gasteiger partial charge in [-0.3, -0.25) is 0 Å². The summed E-state index contributed by atoms with van der Waals surface area (Å²) in [4.78, 5) is 17.5. The van der Waals surface area contributed by atoms with Crippen molar-refractivity contribution in [1.29, 1.82) is 0 Å². The number of nitrogens with one attached hydrogen (secondary N) is 1. The third-order valence-corrected chi connectivity index (χ3v) is 4.10. The molecule has 5 heteroatoms. The van der Waals surface area contributed by atoms with E-state index in [0.717, 1.165) is 24.2 Å². The van der Waals surface area contributed by atoms with Crippen LogP contribution in [0, 0.1) is 12.3 Å². The number of piperidine rings is 1. The molecule has 21 heavy (non-hydrogen) atoms. The van der Waals surface area contributed by atoms with Crippen LogP contribution in [-0.2, 0) is 0 Å². The fourth-order valence-corrected chi connectivity index (χ4v) is 3.24. The third-order valence-electron chi connectivity index (χ3n) is 4.10. The van der Waals surface area contributed by atoms with Crippen LogP contribution in [0.3, 0.4) is 0 Å². The monoisotopic (exact) mass is 291 g/mol. The number of likely N-dealkylation sites (tertiary alicyclic amines) is 1. The minimum absolute atomic E-state index is 0.0647. The Labute approximate surface area is 126 Å². The summed E-state index contributed by atoms with van der Waals surface area (Å²) in [7, 11) is 0. The van der Waals surface area contributed by atoms with Crippen LogP contribution in [0.15, 0.2) is 18.3 Å². The molecule has 116 valence electrons. The molecule has 2 rings (SSSR count).